The SMILES string of the molecule is O=[N+]([O-])c1ccc(C2CCNCC2)o1. The van der Waals surface area contributed by atoms with Crippen molar-refractivity contribution in [3.05, 3.63) is 28.0 Å². The second kappa shape index (κ2) is 3.79. The Morgan fingerprint density at radius 3 is 2.71 bits per heavy atom. The van der Waals surface area contributed by atoms with Crippen LogP contribution in [0.4, 0.5) is 5.88 Å². The van der Waals surface area contributed by atoms with Gasteiger partial charge in [-0.3, -0.25) is 10.1 Å². The highest BCUT2D eigenvalue weighted by Crippen LogP contribution is 2.28. The van der Waals surface area contributed by atoms with Crippen molar-refractivity contribution in [3.8, 4) is 0 Å². The summed E-state index contributed by atoms with van der Waals surface area (Å²) in [5, 5.41) is 13.6. The minimum Gasteiger partial charge on any atom is -0.406 e. The van der Waals surface area contributed by atoms with E-state index < -0.39 is 4.92 Å². The summed E-state index contributed by atoms with van der Waals surface area (Å²) >= 11 is 0. The summed E-state index contributed by atoms with van der Waals surface area (Å²) in [6.45, 7) is 1.92. The van der Waals surface area contributed by atoms with Crippen molar-refractivity contribution in [1.29, 1.82) is 0 Å². The molecular formula is C9H12N2O3. The fraction of sp³-hybridized carbons (Fsp3) is 0.556. The van der Waals surface area contributed by atoms with E-state index in [1.165, 1.54) is 6.07 Å². The normalized spacial score (nSPS) is 18.3. The van der Waals surface area contributed by atoms with Crippen molar-refractivity contribution >= 4 is 5.88 Å². The minimum absolute atomic E-state index is 0.154. The number of rotatable bonds is 2. The molecule has 0 radical (unpaired) electrons. The fourth-order valence-corrected chi connectivity index (χ4v) is 1.77. The largest absolute Gasteiger partial charge is 0.433 e. The van der Waals surface area contributed by atoms with Gasteiger partial charge < -0.3 is 9.73 Å². The average Bonchev–Trinajstić information content (AvgIpc) is 2.68. The molecule has 0 bridgehead atoms. The van der Waals surface area contributed by atoms with Gasteiger partial charge in [-0.05, 0) is 32.0 Å². The number of piperidine rings is 1. The molecule has 2 heterocycles. The predicted molar refractivity (Wildman–Crippen MR) is 50.2 cm³/mol. The van der Waals surface area contributed by atoms with Crippen LogP contribution in [0.2, 0.25) is 0 Å². The molecule has 1 aromatic rings. The highest BCUT2D eigenvalue weighted by molar-refractivity contribution is 5.20. The lowest BCUT2D eigenvalue weighted by Gasteiger charge is -2.19. The number of nitrogens with one attached hydrogen (secondary N) is 1. The maximum Gasteiger partial charge on any atom is 0.433 e. The van der Waals surface area contributed by atoms with E-state index in [0.717, 1.165) is 31.7 Å². The maximum atomic E-state index is 10.4. The summed E-state index contributed by atoms with van der Waals surface area (Å²) in [5.41, 5.74) is 0. The lowest BCUT2D eigenvalue weighted by atomic mass is 9.96. The van der Waals surface area contributed by atoms with Crippen LogP contribution in [0.5, 0.6) is 0 Å². The second-order valence-corrected chi connectivity index (χ2v) is 3.46. The number of furan rings is 1. The van der Waals surface area contributed by atoms with E-state index in [-0.39, 0.29) is 5.88 Å². The van der Waals surface area contributed by atoms with Gasteiger partial charge in [-0.15, -0.1) is 0 Å². The van der Waals surface area contributed by atoms with E-state index in [0.29, 0.717) is 5.92 Å². The van der Waals surface area contributed by atoms with Gasteiger partial charge in [-0.1, -0.05) is 0 Å². The third kappa shape index (κ3) is 1.77. The van der Waals surface area contributed by atoms with Gasteiger partial charge in [0.2, 0.25) is 0 Å². The molecule has 5 nitrogen and oxygen atoms in total. The first kappa shape index (κ1) is 9.21. The van der Waals surface area contributed by atoms with Crippen LogP contribution in [0.3, 0.4) is 0 Å². The summed E-state index contributed by atoms with van der Waals surface area (Å²) in [5.74, 6) is 0.932. The van der Waals surface area contributed by atoms with Crippen molar-refractivity contribution in [2.45, 2.75) is 18.8 Å². The number of nitro groups is 1. The highest BCUT2D eigenvalue weighted by Gasteiger charge is 2.21. The van der Waals surface area contributed by atoms with Gasteiger partial charge in [0.1, 0.15) is 10.7 Å². The van der Waals surface area contributed by atoms with Crippen LogP contribution in [0.15, 0.2) is 16.5 Å². The van der Waals surface area contributed by atoms with Gasteiger partial charge in [0.15, 0.2) is 0 Å². The average molecular weight is 196 g/mol. The first-order chi connectivity index (χ1) is 6.77. The van der Waals surface area contributed by atoms with E-state index >= 15 is 0 Å². The quantitative estimate of drug-likeness (QED) is 0.576. The van der Waals surface area contributed by atoms with E-state index in [1.54, 1.807) is 6.07 Å². The molecule has 76 valence electrons. The first-order valence-electron chi connectivity index (χ1n) is 4.72. The Morgan fingerprint density at radius 2 is 2.14 bits per heavy atom. The Bertz CT molecular complexity index is 329. The topological polar surface area (TPSA) is 68.3 Å². The first-order valence-corrected chi connectivity index (χ1v) is 4.72. The third-order valence-corrected chi connectivity index (χ3v) is 2.53. The number of nitrogens with zero attached hydrogens (tertiary/aromatic N) is 1. The van der Waals surface area contributed by atoms with Crippen LogP contribution in [0.1, 0.15) is 24.5 Å². The molecule has 1 aliphatic rings. The molecular weight excluding hydrogens is 184 g/mol. The van der Waals surface area contributed by atoms with Gasteiger partial charge in [0, 0.05) is 5.92 Å². The van der Waals surface area contributed by atoms with Crippen LogP contribution in [-0.4, -0.2) is 18.0 Å². The lowest BCUT2D eigenvalue weighted by Crippen LogP contribution is -2.26. The molecule has 0 unspecified atom stereocenters. The van der Waals surface area contributed by atoms with Crippen LogP contribution in [0, 0.1) is 10.1 Å². The third-order valence-electron chi connectivity index (χ3n) is 2.53. The monoisotopic (exact) mass is 196 g/mol. The van der Waals surface area contributed by atoms with Gasteiger partial charge in [-0.25, -0.2) is 0 Å². The molecule has 1 saturated heterocycles. The Morgan fingerprint density at radius 1 is 1.43 bits per heavy atom. The van der Waals surface area contributed by atoms with Crippen molar-refractivity contribution in [2.75, 3.05) is 13.1 Å². The van der Waals surface area contributed by atoms with Crippen molar-refractivity contribution < 1.29 is 9.34 Å². The Kier molecular flexibility index (Phi) is 2.49. The lowest BCUT2D eigenvalue weighted by molar-refractivity contribution is -0.402. The Labute approximate surface area is 81.2 Å². The molecule has 0 aliphatic carbocycles. The summed E-state index contributed by atoms with van der Waals surface area (Å²) < 4.78 is 5.16. The van der Waals surface area contributed by atoms with Gasteiger partial charge >= 0.3 is 5.88 Å². The van der Waals surface area contributed by atoms with E-state index in [9.17, 15) is 10.1 Å². The summed E-state index contributed by atoms with van der Waals surface area (Å²) in [7, 11) is 0. The molecule has 14 heavy (non-hydrogen) atoms. The van der Waals surface area contributed by atoms with Gasteiger partial charge in [0.25, 0.3) is 0 Å². The molecule has 0 atom stereocenters. The molecule has 1 aromatic heterocycles. The molecule has 0 amide bonds. The molecule has 0 saturated carbocycles. The Hall–Kier alpha value is -1.36. The standard InChI is InChI=1S/C9H12N2O3/c12-11(13)9-2-1-8(14-9)7-3-5-10-6-4-7/h1-2,7,10H,3-6H2. The number of hydrogen-bond donors (Lipinski definition) is 1. The zero-order valence-corrected chi connectivity index (χ0v) is 7.73. The van der Waals surface area contributed by atoms with Crippen molar-refractivity contribution in [1.82, 2.24) is 5.32 Å². The zero-order chi connectivity index (χ0) is 9.97. The molecule has 0 aromatic carbocycles. The Balaban J connectivity index is 2.11. The van der Waals surface area contributed by atoms with Crippen LogP contribution < -0.4 is 5.32 Å². The summed E-state index contributed by atoms with van der Waals surface area (Å²) in [6, 6.07) is 3.14. The smallest absolute Gasteiger partial charge is 0.406 e. The molecule has 1 aliphatic heterocycles. The second-order valence-electron chi connectivity index (χ2n) is 3.46. The van der Waals surface area contributed by atoms with Crippen LogP contribution >= 0.6 is 0 Å². The van der Waals surface area contributed by atoms with E-state index in [2.05, 4.69) is 5.32 Å². The van der Waals surface area contributed by atoms with Crippen LogP contribution in [-0.2, 0) is 0 Å². The summed E-state index contributed by atoms with van der Waals surface area (Å²) in [6.07, 6.45) is 1.98. The maximum absolute atomic E-state index is 10.4. The number of hydrogen-bond acceptors (Lipinski definition) is 4. The molecule has 0 spiro atoms. The van der Waals surface area contributed by atoms with Crippen molar-refractivity contribution in [3.63, 3.8) is 0 Å². The molecule has 2 rings (SSSR count). The molecule has 1 fully saturated rings. The van der Waals surface area contributed by atoms with Crippen molar-refractivity contribution in [2.24, 2.45) is 0 Å². The zero-order valence-electron chi connectivity index (χ0n) is 7.73. The summed E-state index contributed by atoms with van der Waals surface area (Å²) in [4.78, 5) is 9.90. The molecule has 1 N–H and O–H groups in total. The predicted octanol–water partition coefficient (Wildman–Crippen LogP) is 1.65. The van der Waals surface area contributed by atoms with Gasteiger partial charge in [0.05, 0.1) is 6.07 Å². The highest BCUT2D eigenvalue weighted by atomic mass is 16.6. The van der Waals surface area contributed by atoms with E-state index in [1.807, 2.05) is 0 Å². The minimum atomic E-state index is -0.495. The fourth-order valence-electron chi connectivity index (χ4n) is 1.77. The van der Waals surface area contributed by atoms with Crippen LogP contribution in [0.25, 0.3) is 0 Å². The molecule has 5 heteroatoms. The van der Waals surface area contributed by atoms with Gasteiger partial charge in [-0.2, -0.15) is 0 Å². The van der Waals surface area contributed by atoms with E-state index in [4.69, 9.17) is 4.42 Å².